The lowest BCUT2D eigenvalue weighted by Gasteiger charge is -2.05. The third-order valence-corrected chi connectivity index (χ3v) is 4.83. The largest absolute Gasteiger partial charge is 0.465 e. The number of halogens is 2. The molecule has 1 heterocycles. The van der Waals surface area contributed by atoms with Crippen LogP contribution in [-0.2, 0) is 4.74 Å². The molecule has 0 atom stereocenters. The number of benzene rings is 3. The van der Waals surface area contributed by atoms with Crippen molar-refractivity contribution in [2.75, 3.05) is 7.11 Å². The van der Waals surface area contributed by atoms with E-state index in [9.17, 15) is 9.18 Å². The van der Waals surface area contributed by atoms with Gasteiger partial charge in [-0.1, -0.05) is 65.3 Å². The Labute approximate surface area is 171 Å². The molecule has 0 aliphatic heterocycles. The van der Waals surface area contributed by atoms with E-state index >= 15 is 0 Å². The van der Waals surface area contributed by atoms with Gasteiger partial charge in [0.1, 0.15) is 11.5 Å². The first-order valence-corrected chi connectivity index (χ1v) is 9.15. The van der Waals surface area contributed by atoms with Crippen molar-refractivity contribution in [2.24, 2.45) is 0 Å². The minimum absolute atomic E-state index is 0.136. The Hall–Kier alpha value is -3.44. The number of carbonyl (C=O) groups excluding carboxylic acids is 1. The fourth-order valence-corrected chi connectivity index (χ4v) is 3.31. The molecule has 0 bridgehead atoms. The van der Waals surface area contributed by atoms with Crippen molar-refractivity contribution in [1.29, 1.82) is 0 Å². The van der Waals surface area contributed by atoms with Crippen LogP contribution < -0.4 is 0 Å². The highest BCUT2D eigenvalue weighted by atomic mass is 35.5. The minimum atomic E-state index is -0.733. The van der Waals surface area contributed by atoms with E-state index in [1.165, 1.54) is 19.2 Å². The summed E-state index contributed by atoms with van der Waals surface area (Å²) in [4.78, 5) is 11.5. The Kier molecular flexibility index (Phi) is 5.14. The van der Waals surface area contributed by atoms with E-state index < -0.39 is 11.8 Å². The molecule has 0 saturated carbocycles. The van der Waals surface area contributed by atoms with Crippen molar-refractivity contribution in [2.45, 2.75) is 0 Å². The standard InChI is InChI=1S/C23H15ClFNO3/c1-28-23(27)18-10-7-15(12-20(18)25)21-13-22(29-26-21)16-8-9-17(19(24)11-16)14-5-3-2-4-6-14/h2-13H,1H3. The van der Waals surface area contributed by atoms with Crippen molar-refractivity contribution in [1.82, 2.24) is 5.16 Å². The van der Waals surface area contributed by atoms with Crippen LogP contribution >= 0.6 is 11.6 Å². The Morgan fingerprint density at radius 3 is 2.41 bits per heavy atom. The molecule has 0 spiro atoms. The van der Waals surface area contributed by atoms with Gasteiger partial charge in [-0.3, -0.25) is 0 Å². The summed E-state index contributed by atoms with van der Waals surface area (Å²) in [5.74, 6) is -0.920. The number of hydrogen-bond acceptors (Lipinski definition) is 4. The first-order chi connectivity index (χ1) is 14.1. The van der Waals surface area contributed by atoms with Gasteiger partial charge >= 0.3 is 5.97 Å². The molecule has 4 rings (SSSR count). The zero-order chi connectivity index (χ0) is 20.4. The summed E-state index contributed by atoms with van der Waals surface area (Å²) in [5, 5.41) is 4.59. The molecule has 0 N–H and O–H groups in total. The number of esters is 1. The predicted octanol–water partition coefficient (Wildman–Crippen LogP) is 6.25. The van der Waals surface area contributed by atoms with E-state index in [1.807, 2.05) is 42.5 Å². The highest BCUT2D eigenvalue weighted by Gasteiger charge is 2.16. The van der Waals surface area contributed by atoms with Crippen molar-refractivity contribution < 1.29 is 18.4 Å². The average molecular weight is 408 g/mol. The van der Waals surface area contributed by atoms with E-state index in [2.05, 4.69) is 9.89 Å². The minimum Gasteiger partial charge on any atom is -0.465 e. The van der Waals surface area contributed by atoms with Crippen LogP contribution in [0.5, 0.6) is 0 Å². The van der Waals surface area contributed by atoms with Crippen LogP contribution in [0.3, 0.4) is 0 Å². The molecular formula is C23H15ClFNO3. The number of carbonyl (C=O) groups is 1. The zero-order valence-electron chi connectivity index (χ0n) is 15.4. The molecule has 0 aliphatic rings. The maximum Gasteiger partial charge on any atom is 0.340 e. The van der Waals surface area contributed by atoms with Gasteiger partial charge in [-0.05, 0) is 23.8 Å². The number of aromatic nitrogens is 1. The van der Waals surface area contributed by atoms with Crippen molar-refractivity contribution in [3.63, 3.8) is 0 Å². The van der Waals surface area contributed by atoms with Gasteiger partial charge < -0.3 is 9.26 Å². The molecule has 4 aromatic rings. The average Bonchev–Trinajstić information content (AvgIpc) is 3.24. The summed E-state index contributed by atoms with van der Waals surface area (Å²) in [6.07, 6.45) is 0. The topological polar surface area (TPSA) is 52.3 Å². The molecule has 3 aromatic carbocycles. The van der Waals surface area contributed by atoms with Crippen LogP contribution in [0, 0.1) is 5.82 Å². The molecule has 0 saturated heterocycles. The second-order valence-electron chi connectivity index (χ2n) is 6.32. The van der Waals surface area contributed by atoms with Gasteiger partial charge in [0, 0.05) is 27.8 Å². The molecule has 6 heteroatoms. The van der Waals surface area contributed by atoms with Gasteiger partial charge in [-0.25, -0.2) is 9.18 Å². The molecule has 144 valence electrons. The molecule has 0 amide bonds. The van der Waals surface area contributed by atoms with Crippen molar-refractivity contribution in [3.8, 4) is 33.7 Å². The predicted molar refractivity (Wildman–Crippen MR) is 109 cm³/mol. The maximum absolute atomic E-state index is 14.2. The molecular weight excluding hydrogens is 393 g/mol. The van der Waals surface area contributed by atoms with Gasteiger partial charge in [0.2, 0.25) is 0 Å². The first-order valence-electron chi connectivity index (χ1n) is 8.77. The summed E-state index contributed by atoms with van der Waals surface area (Å²) < 4.78 is 24.2. The summed E-state index contributed by atoms with van der Waals surface area (Å²) >= 11 is 6.46. The number of nitrogens with zero attached hydrogens (tertiary/aromatic N) is 1. The van der Waals surface area contributed by atoms with Crippen LogP contribution in [0.2, 0.25) is 5.02 Å². The monoisotopic (exact) mass is 407 g/mol. The van der Waals surface area contributed by atoms with Crippen LogP contribution in [-0.4, -0.2) is 18.2 Å². The van der Waals surface area contributed by atoms with Crippen LogP contribution in [0.1, 0.15) is 10.4 Å². The van der Waals surface area contributed by atoms with Gasteiger partial charge in [0.25, 0.3) is 0 Å². The Morgan fingerprint density at radius 2 is 1.72 bits per heavy atom. The Balaban J connectivity index is 1.64. The number of methoxy groups -OCH3 is 1. The number of ether oxygens (including phenoxy) is 1. The molecule has 4 nitrogen and oxygen atoms in total. The zero-order valence-corrected chi connectivity index (χ0v) is 16.1. The summed E-state index contributed by atoms with van der Waals surface area (Å²) in [6.45, 7) is 0. The normalized spacial score (nSPS) is 10.7. The smallest absolute Gasteiger partial charge is 0.340 e. The second-order valence-corrected chi connectivity index (χ2v) is 6.73. The third kappa shape index (κ3) is 3.77. The van der Waals surface area contributed by atoms with Gasteiger partial charge in [-0.2, -0.15) is 0 Å². The molecule has 1 aromatic heterocycles. The SMILES string of the molecule is COC(=O)c1ccc(-c2cc(-c3ccc(-c4ccccc4)c(Cl)c3)on2)cc1F. The van der Waals surface area contributed by atoms with Gasteiger partial charge in [0.05, 0.1) is 12.7 Å². The molecule has 0 fully saturated rings. The Bertz CT molecular complexity index is 1190. The fourth-order valence-electron chi connectivity index (χ4n) is 3.02. The van der Waals surface area contributed by atoms with Crippen molar-refractivity contribution in [3.05, 3.63) is 89.2 Å². The van der Waals surface area contributed by atoms with Gasteiger partial charge in [0.15, 0.2) is 5.76 Å². The highest BCUT2D eigenvalue weighted by Crippen LogP contribution is 2.33. The summed E-state index contributed by atoms with van der Waals surface area (Å²) in [6, 6.07) is 21.3. The fraction of sp³-hybridized carbons (Fsp3) is 0.0435. The van der Waals surface area contributed by atoms with E-state index in [0.717, 1.165) is 16.7 Å². The second kappa shape index (κ2) is 7.89. The van der Waals surface area contributed by atoms with Gasteiger partial charge in [-0.15, -0.1) is 0 Å². The molecule has 0 radical (unpaired) electrons. The quantitative estimate of drug-likeness (QED) is 0.375. The molecule has 29 heavy (non-hydrogen) atoms. The van der Waals surface area contributed by atoms with E-state index in [0.29, 0.717) is 22.0 Å². The molecule has 0 aliphatic carbocycles. The highest BCUT2D eigenvalue weighted by molar-refractivity contribution is 6.33. The maximum atomic E-state index is 14.2. The lowest BCUT2D eigenvalue weighted by Crippen LogP contribution is -2.04. The molecule has 0 unspecified atom stereocenters. The van der Waals surface area contributed by atoms with E-state index in [1.54, 1.807) is 18.2 Å². The summed E-state index contributed by atoms with van der Waals surface area (Å²) in [5.41, 5.74) is 3.47. The summed E-state index contributed by atoms with van der Waals surface area (Å²) in [7, 11) is 1.20. The van der Waals surface area contributed by atoms with Crippen LogP contribution in [0.25, 0.3) is 33.7 Å². The Morgan fingerprint density at radius 1 is 0.966 bits per heavy atom. The first kappa shape index (κ1) is 18.9. The lowest BCUT2D eigenvalue weighted by atomic mass is 10.0. The number of rotatable bonds is 4. The van der Waals surface area contributed by atoms with E-state index in [-0.39, 0.29) is 5.56 Å². The number of hydrogen-bond donors (Lipinski definition) is 0. The van der Waals surface area contributed by atoms with Crippen molar-refractivity contribution >= 4 is 17.6 Å². The van der Waals surface area contributed by atoms with Crippen LogP contribution in [0.15, 0.2) is 77.3 Å². The van der Waals surface area contributed by atoms with E-state index in [4.69, 9.17) is 16.1 Å². The third-order valence-electron chi connectivity index (χ3n) is 4.52. The lowest BCUT2D eigenvalue weighted by molar-refractivity contribution is 0.0595. The van der Waals surface area contributed by atoms with Crippen LogP contribution in [0.4, 0.5) is 4.39 Å².